The van der Waals surface area contributed by atoms with E-state index in [0.717, 1.165) is 0 Å². The molecule has 24 heavy (non-hydrogen) atoms. The Balaban J connectivity index is 1.99. The first-order valence-electron chi connectivity index (χ1n) is 7.24. The van der Waals surface area contributed by atoms with Crippen LogP contribution in [0.2, 0.25) is 0 Å². The van der Waals surface area contributed by atoms with Crippen LogP contribution in [-0.4, -0.2) is 41.8 Å². The molecule has 2 amide bonds. The molecule has 1 atom stereocenters. The van der Waals surface area contributed by atoms with E-state index in [9.17, 15) is 14.0 Å². The standard InChI is InChI=1S/C16H18FN3O4/c1-10(15(21)18-2)20(3)16(22)13-8-24-14(19-13)9-23-12-6-4-5-11(17)7-12/h4-8,10H,9H2,1-3H3,(H,18,21)/t10-/m1/s1. The molecule has 8 heteroatoms. The van der Waals surface area contributed by atoms with Gasteiger partial charge in [-0.2, -0.15) is 0 Å². The van der Waals surface area contributed by atoms with E-state index in [1.807, 2.05) is 0 Å². The number of aromatic nitrogens is 1. The summed E-state index contributed by atoms with van der Waals surface area (Å²) in [4.78, 5) is 29.1. The van der Waals surface area contributed by atoms with Crippen LogP contribution in [-0.2, 0) is 11.4 Å². The molecule has 1 heterocycles. The molecule has 0 fully saturated rings. The average molecular weight is 335 g/mol. The van der Waals surface area contributed by atoms with Gasteiger partial charge < -0.3 is 19.4 Å². The summed E-state index contributed by atoms with van der Waals surface area (Å²) in [5.74, 6) is -0.661. The zero-order chi connectivity index (χ0) is 17.7. The summed E-state index contributed by atoms with van der Waals surface area (Å²) in [6.45, 7) is 1.55. The highest BCUT2D eigenvalue weighted by molar-refractivity contribution is 5.95. The summed E-state index contributed by atoms with van der Waals surface area (Å²) in [5.41, 5.74) is 0.0612. The van der Waals surface area contributed by atoms with Gasteiger partial charge in [-0.3, -0.25) is 9.59 Å². The lowest BCUT2D eigenvalue weighted by Crippen LogP contribution is -2.44. The summed E-state index contributed by atoms with van der Waals surface area (Å²) in [5, 5.41) is 2.47. The Morgan fingerprint density at radius 1 is 1.46 bits per heavy atom. The number of carbonyl (C=O) groups is 2. The molecule has 0 saturated carbocycles. The molecule has 0 bridgehead atoms. The van der Waals surface area contributed by atoms with E-state index < -0.39 is 17.8 Å². The molecule has 0 aliphatic carbocycles. The lowest BCUT2D eigenvalue weighted by Gasteiger charge is -2.22. The quantitative estimate of drug-likeness (QED) is 0.867. The Morgan fingerprint density at radius 2 is 2.21 bits per heavy atom. The SMILES string of the molecule is CNC(=O)[C@@H](C)N(C)C(=O)c1coc(COc2cccc(F)c2)n1. The van der Waals surface area contributed by atoms with Gasteiger partial charge in [0.15, 0.2) is 12.3 Å². The normalized spacial score (nSPS) is 11.7. The van der Waals surface area contributed by atoms with E-state index in [0.29, 0.717) is 5.75 Å². The molecule has 0 unspecified atom stereocenters. The highest BCUT2D eigenvalue weighted by Crippen LogP contribution is 2.14. The third kappa shape index (κ3) is 4.09. The van der Waals surface area contributed by atoms with E-state index >= 15 is 0 Å². The predicted molar refractivity (Wildman–Crippen MR) is 82.9 cm³/mol. The molecule has 1 N–H and O–H groups in total. The topological polar surface area (TPSA) is 84.7 Å². The van der Waals surface area contributed by atoms with Gasteiger partial charge in [0.25, 0.3) is 5.91 Å². The number of benzene rings is 1. The molecule has 2 rings (SSSR count). The maximum absolute atomic E-state index is 13.1. The molecular weight excluding hydrogens is 317 g/mol. The minimum atomic E-state index is -0.647. The first-order chi connectivity index (χ1) is 11.4. The highest BCUT2D eigenvalue weighted by Gasteiger charge is 2.24. The monoisotopic (exact) mass is 335 g/mol. The number of hydrogen-bond acceptors (Lipinski definition) is 5. The molecule has 2 aromatic rings. The summed E-state index contributed by atoms with van der Waals surface area (Å²) >= 11 is 0. The molecular formula is C16H18FN3O4. The van der Waals surface area contributed by atoms with Gasteiger partial charge in [0, 0.05) is 20.2 Å². The van der Waals surface area contributed by atoms with Crippen LogP contribution in [0.15, 0.2) is 34.9 Å². The Bertz CT molecular complexity index is 732. The number of rotatable bonds is 6. The second-order valence-electron chi connectivity index (χ2n) is 5.08. The van der Waals surface area contributed by atoms with Crippen LogP contribution in [0.25, 0.3) is 0 Å². The van der Waals surface area contributed by atoms with Crippen LogP contribution in [0.4, 0.5) is 4.39 Å². The van der Waals surface area contributed by atoms with Crippen molar-refractivity contribution in [2.24, 2.45) is 0 Å². The van der Waals surface area contributed by atoms with Crippen molar-refractivity contribution in [3.63, 3.8) is 0 Å². The first-order valence-corrected chi connectivity index (χ1v) is 7.24. The largest absolute Gasteiger partial charge is 0.484 e. The lowest BCUT2D eigenvalue weighted by molar-refractivity contribution is -0.124. The van der Waals surface area contributed by atoms with Crippen LogP contribution >= 0.6 is 0 Å². The lowest BCUT2D eigenvalue weighted by atomic mass is 10.2. The maximum atomic E-state index is 13.1. The molecule has 0 spiro atoms. The number of halogens is 1. The zero-order valence-electron chi connectivity index (χ0n) is 13.6. The van der Waals surface area contributed by atoms with Crippen molar-refractivity contribution in [2.75, 3.05) is 14.1 Å². The third-order valence-electron chi connectivity index (χ3n) is 3.46. The Hall–Kier alpha value is -2.90. The zero-order valence-corrected chi connectivity index (χ0v) is 13.6. The minimum absolute atomic E-state index is 0.0502. The summed E-state index contributed by atoms with van der Waals surface area (Å²) in [6, 6.07) is 5.00. The Morgan fingerprint density at radius 3 is 2.88 bits per heavy atom. The second kappa shape index (κ2) is 7.58. The fourth-order valence-corrected chi connectivity index (χ4v) is 1.92. The number of ether oxygens (including phenoxy) is 1. The highest BCUT2D eigenvalue weighted by atomic mass is 19.1. The number of nitrogens with one attached hydrogen (secondary N) is 1. The van der Waals surface area contributed by atoms with E-state index in [1.165, 1.54) is 43.5 Å². The van der Waals surface area contributed by atoms with Gasteiger partial charge in [-0.15, -0.1) is 0 Å². The van der Waals surface area contributed by atoms with Crippen molar-refractivity contribution in [2.45, 2.75) is 19.6 Å². The van der Waals surface area contributed by atoms with Crippen molar-refractivity contribution in [1.29, 1.82) is 0 Å². The fourth-order valence-electron chi connectivity index (χ4n) is 1.92. The number of likely N-dealkylation sites (N-methyl/N-ethyl adjacent to an activating group) is 2. The van der Waals surface area contributed by atoms with Crippen molar-refractivity contribution >= 4 is 11.8 Å². The van der Waals surface area contributed by atoms with Crippen molar-refractivity contribution in [3.05, 3.63) is 47.9 Å². The van der Waals surface area contributed by atoms with Crippen molar-refractivity contribution < 1.29 is 23.1 Å². The fraction of sp³-hybridized carbons (Fsp3) is 0.312. The van der Waals surface area contributed by atoms with Gasteiger partial charge in [-0.25, -0.2) is 9.37 Å². The van der Waals surface area contributed by atoms with Crippen LogP contribution in [0.5, 0.6) is 5.75 Å². The maximum Gasteiger partial charge on any atom is 0.276 e. The van der Waals surface area contributed by atoms with E-state index in [1.54, 1.807) is 13.0 Å². The van der Waals surface area contributed by atoms with Crippen LogP contribution < -0.4 is 10.1 Å². The summed E-state index contributed by atoms with van der Waals surface area (Å²) in [7, 11) is 2.99. The molecule has 0 aliphatic heterocycles. The smallest absolute Gasteiger partial charge is 0.276 e. The molecule has 7 nitrogen and oxygen atoms in total. The second-order valence-corrected chi connectivity index (χ2v) is 5.08. The molecule has 128 valence electrons. The molecule has 1 aromatic carbocycles. The van der Waals surface area contributed by atoms with Crippen molar-refractivity contribution in [3.8, 4) is 5.75 Å². The van der Waals surface area contributed by atoms with Gasteiger partial charge in [0.05, 0.1) is 0 Å². The van der Waals surface area contributed by atoms with Gasteiger partial charge in [-0.1, -0.05) is 6.07 Å². The average Bonchev–Trinajstić information content (AvgIpc) is 3.06. The van der Waals surface area contributed by atoms with Crippen molar-refractivity contribution in [1.82, 2.24) is 15.2 Å². The number of nitrogens with zero attached hydrogens (tertiary/aromatic N) is 2. The summed E-state index contributed by atoms with van der Waals surface area (Å²) < 4.78 is 23.6. The Kier molecular flexibility index (Phi) is 5.51. The third-order valence-corrected chi connectivity index (χ3v) is 3.46. The summed E-state index contributed by atoms with van der Waals surface area (Å²) in [6.07, 6.45) is 1.19. The molecule has 1 aromatic heterocycles. The molecule has 0 aliphatic rings. The molecule has 0 radical (unpaired) electrons. The number of carbonyl (C=O) groups excluding carboxylic acids is 2. The molecule has 0 saturated heterocycles. The first kappa shape index (κ1) is 17.5. The van der Waals surface area contributed by atoms with Crippen LogP contribution in [0, 0.1) is 5.82 Å². The van der Waals surface area contributed by atoms with Gasteiger partial charge >= 0.3 is 0 Å². The van der Waals surface area contributed by atoms with E-state index in [2.05, 4.69) is 10.3 Å². The minimum Gasteiger partial charge on any atom is -0.484 e. The van der Waals surface area contributed by atoms with Gasteiger partial charge in [-0.05, 0) is 19.1 Å². The van der Waals surface area contributed by atoms with E-state index in [-0.39, 0.29) is 24.1 Å². The number of oxazole rings is 1. The van der Waals surface area contributed by atoms with Crippen LogP contribution in [0.3, 0.4) is 0 Å². The van der Waals surface area contributed by atoms with Crippen LogP contribution in [0.1, 0.15) is 23.3 Å². The Labute approximate surface area is 138 Å². The number of amides is 2. The van der Waals surface area contributed by atoms with E-state index in [4.69, 9.17) is 9.15 Å². The predicted octanol–water partition coefficient (Wildman–Crippen LogP) is 1.60. The number of hydrogen-bond donors (Lipinski definition) is 1. The van der Waals surface area contributed by atoms with Gasteiger partial charge in [0.1, 0.15) is 23.9 Å². The van der Waals surface area contributed by atoms with Gasteiger partial charge in [0.2, 0.25) is 11.8 Å².